The van der Waals surface area contributed by atoms with Crippen molar-refractivity contribution in [2.24, 2.45) is 0 Å². The minimum absolute atomic E-state index is 0.136. The lowest BCUT2D eigenvalue weighted by atomic mass is 9.77. The standard InChI is InChI=1S/C16H33NO/c1-4-7-11-15(17-14-5-2)16(18-6-3)12-9-8-10-13-16/h15,17H,4-14H2,1-3H3. The smallest absolute Gasteiger partial charge is 0.0834 e. The molecule has 0 spiro atoms. The summed E-state index contributed by atoms with van der Waals surface area (Å²) in [6, 6.07) is 0.567. The van der Waals surface area contributed by atoms with E-state index in [-0.39, 0.29) is 5.60 Å². The molecule has 1 aliphatic rings. The van der Waals surface area contributed by atoms with Crippen molar-refractivity contribution in [3.8, 4) is 0 Å². The molecular weight excluding hydrogens is 222 g/mol. The summed E-state index contributed by atoms with van der Waals surface area (Å²) in [6.07, 6.45) is 11.7. The molecule has 1 atom stereocenters. The second kappa shape index (κ2) is 8.92. The van der Waals surface area contributed by atoms with E-state index in [2.05, 4.69) is 26.1 Å². The third kappa shape index (κ3) is 4.55. The van der Waals surface area contributed by atoms with Gasteiger partial charge in [-0.15, -0.1) is 0 Å². The van der Waals surface area contributed by atoms with Gasteiger partial charge in [0.1, 0.15) is 0 Å². The van der Waals surface area contributed by atoms with E-state index in [0.29, 0.717) is 6.04 Å². The summed E-state index contributed by atoms with van der Waals surface area (Å²) < 4.78 is 6.26. The first-order valence-corrected chi connectivity index (χ1v) is 8.16. The maximum Gasteiger partial charge on any atom is 0.0834 e. The van der Waals surface area contributed by atoms with Crippen molar-refractivity contribution < 1.29 is 4.74 Å². The van der Waals surface area contributed by atoms with E-state index in [1.807, 2.05) is 0 Å². The van der Waals surface area contributed by atoms with Crippen LogP contribution in [0.4, 0.5) is 0 Å². The molecular formula is C16H33NO. The molecule has 0 aromatic heterocycles. The van der Waals surface area contributed by atoms with Crippen LogP contribution in [0.3, 0.4) is 0 Å². The summed E-state index contributed by atoms with van der Waals surface area (Å²) in [5, 5.41) is 3.77. The van der Waals surface area contributed by atoms with Crippen molar-refractivity contribution in [3.05, 3.63) is 0 Å². The zero-order valence-electron chi connectivity index (χ0n) is 12.8. The Morgan fingerprint density at radius 3 is 2.33 bits per heavy atom. The number of rotatable bonds is 9. The largest absolute Gasteiger partial charge is 0.374 e. The molecule has 1 rings (SSSR count). The highest BCUT2D eigenvalue weighted by Crippen LogP contribution is 2.36. The Morgan fingerprint density at radius 2 is 1.78 bits per heavy atom. The second-order valence-corrected chi connectivity index (χ2v) is 5.71. The molecule has 0 bridgehead atoms. The van der Waals surface area contributed by atoms with E-state index < -0.39 is 0 Å². The first-order valence-electron chi connectivity index (χ1n) is 8.16. The van der Waals surface area contributed by atoms with Crippen LogP contribution in [0, 0.1) is 0 Å². The average molecular weight is 255 g/mol. The predicted molar refractivity (Wildman–Crippen MR) is 79.0 cm³/mol. The maximum absolute atomic E-state index is 6.26. The molecule has 1 N–H and O–H groups in total. The Hall–Kier alpha value is -0.0800. The van der Waals surface area contributed by atoms with Crippen LogP contribution >= 0.6 is 0 Å². The highest BCUT2D eigenvalue weighted by Gasteiger charge is 2.39. The molecule has 0 heterocycles. The molecule has 0 radical (unpaired) electrons. The van der Waals surface area contributed by atoms with Crippen molar-refractivity contribution in [2.75, 3.05) is 13.2 Å². The molecule has 1 aliphatic carbocycles. The van der Waals surface area contributed by atoms with Crippen molar-refractivity contribution in [1.82, 2.24) is 5.32 Å². The van der Waals surface area contributed by atoms with E-state index in [1.54, 1.807) is 0 Å². The third-order valence-corrected chi connectivity index (χ3v) is 4.25. The zero-order valence-corrected chi connectivity index (χ0v) is 12.8. The molecule has 0 saturated heterocycles. The average Bonchev–Trinajstić information content (AvgIpc) is 2.40. The van der Waals surface area contributed by atoms with Crippen molar-refractivity contribution in [2.45, 2.75) is 90.2 Å². The van der Waals surface area contributed by atoms with E-state index in [1.165, 1.54) is 57.8 Å². The van der Waals surface area contributed by atoms with Gasteiger partial charge in [0.2, 0.25) is 0 Å². The van der Waals surface area contributed by atoms with Crippen LogP contribution < -0.4 is 5.32 Å². The fourth-order valence-electron chi connectivity index (χ4n) is 3.31. The SMILES string of the molecule is CCCCC(NCCC)C1(OCC)CCCCC1. The van der Waals surface area contributed by atoms with Crippen molar-refractivity contribution >= 4 is 0 Å². The van der Waals surface area contributed by atoms with Gasteiger partial charge in [0, 0.05) is 12.6 Å². The molecule has 1 fully saturated rings. The highest BCUT2D eigenvalue weighted by molar-refractivity contribution is 4.95. The number of unbranched alkanes of at least 4 members (excludes halogenated alkanes) is 1. The minimum atomic E-state index is 0.136. The van der Waals surface area contributed by atoms with Gasteiger partial charge in [0.15, 0.2) is 0 Å². The Morgan fingerprint density at radius 1 is 1.06 bits per heavy atom. The summed E-state index contributed by atoms with van der Waals surface area (Å²) in [5.74, 6) is 0. The fraction of sp³-hybridized carbons (Fsp3) is 1.00. The molecule has 0 aliphatic heterocycles. The lowest BCUT2D eigenvalue weighted by Crippen LogP contribution is -2.54. The van der Waals surface area contributed by atoms with Gasteiger partial charge in [-0.25, -0.2) is 0 Å². The molecule has 18 heavy (non-hydrogen) atoms. The van der Waals surface area contributed by atoms with Gasteiger partial charge in [-0.2, -0.15) is 0 Å². The number of nitrogens with one attached hydrogen (secondary N) is 1. The van der Waals surface area contributed by atoms with E-state index >= 15 is 0 Å². The molecule has 1 saturated carbocycles. The van der Waals surface area contributed by atoms with Gasteiger partial charge in [-0.05, 0) is 39.2 Å². The minimum Gasteiger partial charge on any atom is -0.374 e. The molecule has 0 aromatic carbocycles. The topological polar surface area (TPSA) is 21.3 Å². The van der Waals surface area contributed by atoms with E-state index in [9.17, 15) is 0 Å². The van der Waals surface area contributed by atoms with Gasteiger partial charge in [-0.3, -0.25) is 0 Å². The van der Waals surface area contributed by atoms with Gasteiger partial charge in [0.25, 0.3) is 0 Å². The summed E-state index contributed by atoms with van der Waals surface area (Å²) in [5.41, 5.74) is 0.136. The van der Waals surface area contributed by atoms with Crippen LogP contribution in [0.5, 0.6) is 0 Å². The Labute approximate surface area is 114 Å². The zero-order chi connectivity index (χ0) is 13.3. The normalized spacial score (nSPS) is 20.8. The Balaban J connectivity index is 2.67. The number of hydrogen-bond donors (Lipinski definition) is 1. The lowest BCUT2D eigenvalue weighted by Gasteiger charge is -2.44. The second-order valence-electron chi connectivity index (χ2n) is 5.71. The van der Waals surface area contributed by atoms with Crippen LogP contribution in [0.15, 0.2) is 0 Å². The summed E-state index contributed by atoms with van der Waals surface area (Å²) in [7, 11) is 0. The van der Waals surface area contributed by atoms with Crippen molar-refractivity contribution in [1.29, 1.82) is 0 Å². The predicted octanol–water partition coefficient (Wildman–Crippen LogP) is 4.28. The highest BCUT2D eigenvalue weighted by atomic mass is 16.5. The van der Waals surface area contributed by atoms with E-state index in [4.69, 9.17) is 4.74 Å². The Bertz CT molecular complexity index is 186. The van der Waals surface area contributed by atoms with Crippen LogP contribution in [-0.2, 0) is 4.74 Å². The van der Waals surface area contributed by atoms with Crippen LogP contribution in [0.2, 0.25) is 0 Å². The van der Waals surface area contributed by atoms with Crippen LogP contribution in [0.1, 0.15) is 78.6 Å². The first-order chi connectivity index (χ1) is 8.79. The fourth-order valence-corrected chi connectivity index (χ4v) is 3.31. The van der Waals surface area contributed by atoms with E-state index in [0.717, 1.165) is 13.2 Å². The van der Waals surface area contributed by atoms with Gasteiger partial charge in [0.05, 0.1) is 5.60 Å². The number of ether oxygens (including phenoxy) is 1. The molecule has 2 nitrogen and oxygen atoms in total. The summed E-state index contributed by atoms with van der Waals surface area (Å²) in [6.45, 7) is 8.66. The quantitative estimate of drug-likeness (QED) is 0.664. The monoisotopic (exact) mass is 255 g/mol. The lowest BCUT2D eigenvalue weighted by molar-refractivity contribution is -0.0917. The molecule has 2 heteroatoms. The third-order valence-electron chi connectivity index (χ3n) is 4.25. The van der Waals surface area contributed by atoms with Gasteiger partial charge in [-0.1, -0.05) is 46.0 Å². The first kappa shape index (κ1) is 16.0. The summed E-state index contributed by atoms with van der Waals surface area (Å²) in [4.78, 5) is 0. The molecule has 0 aromatic rings. The van der Waals surface area contributed by atoms with Gasteiger partial charge >= 0.3 is 0 Å². The molecule has 1 unspecified atom stereocenters. The van der Waals surface area contributed by atoms with Crippen LogP contribution in [0.25, 0.3) is 0 Å². The maximum atomic E-state index is 6.26. The Kier molecular flexibility index (Phi) is 7.92. The molecule has 108 valence electrons. The van der Waals surface area contributed by atoms with Crippen molar-refractivity contribution in [3.63, 3.8) is 0 Å². The molecule has 0 amide bonds. The number of hydrogen-bond acceptors (Lipinski definition) is 2. The van der Waals surface area contributed by atoms with Crippen LogP contribution in [-0.4, -0.2) is 24.8 Å². The summed E-state index contributed by atoms with van der Waals surface area (Å²) >= 11 is 0. The van der Waals surface area contributed by atoms with Gasteiger partial charge < -0.3 is 10.1 Å².